The van der Waals surface area contributed by atoms with Crippen molar-refractivity contribution < 1.29 is 22.7 Å². The molecule has 0 aromatic carbocycles. The first-order valence-corrected chi connectivity index (χ1v) is 8.23. The van der Waals surface area contributed by atoms with Gasteiger partial charge in [-0.1, -0.05) is 0 Å². The van der Waals surface area contributed by atoms with Gasteiger partial charge in [0.2, 0.25) is 5.91 Å². The predicted octanol–water partition coefficient (Wildman–Crippen LogP) is -0.399. The molecule has 3 rings (SSSR count). The monoisotopic (exact) mass is 376 g/mol. The van der Waals surface area contributed by atoms with Crippen LogP contribution in [0.25, 0.3) is 0 Å². The average molecular weight is 376 g/mol. The summed E-state index contributed by atoms with van der Waals surface area (Å²) < 4.78 is 43.3. The number of morpholine rings is 1. The number of alkyl halides is 3. The van der Waals surface area contributed by atoms with Crippen LogP contribution in [-0.2, 0) is 22.5 Å². The van der Waals surface area contributed by atoms with Crippen molar-refractivity contribution in [2.45, 2.75) is 31.6 Å². The van der Waals surface area contributed by atoms with E-state index in [1.165, 1.54) is 9.80 Å². The zero-order chi connectivity index (χ0) is 18.9. The van der Waals surface area contributed by atoms with E-state index in [1.807, 2.05) is 0 Å². The quantitative estimate of drug-likeness (QED) is 0.748. The SMILES string of the molecule is O=C(CC1COCCN1CC(F)(F)F)N1CCc2c([nH]c(=O)[nH]c2=O)C1. The predicted molar refractivity (Wildman–Crippen MR) is 83.7 cm³/mol. The van der Waals surface area contributed by atoms with Gasteiger partial charge in [-0.2, -0.15) is 13.2 Å². The average Bonchev–Trinajstić information content (AvgIpc) is 2.54. The van der Waals surface area contributed by atoms with Crippen LogP contribution < -0.4 is 11.2 Å². The number of hydrogen-bond acceptors (Lipinski definition) is 5. The molecule has 0 saturated carbocycles. The lowest BCUT2D eigenvalue weighted by molar-refractivity contribution is -0.165. The minimum atomic E-state index is -4.34. The van der Waals surface area contributed by atoms with Crippen molar-refractivity contribution in [3.05, 3.63) is 32.1 Å². The number of nitrogens with one attached hydrogen (secondary N) is 2. The van der Waals surface area contributed by atoms with Gasteiger partial charge in [0.05, 0.1) is 26.3 Å². The Labute approximate surface area is 145 Å². The summed E-state index contributed by atoms with van der Waals surface area (Å²) in [6.45, 7) is -0.387. The van der Waals surface area contributed by atoms with Crippen LogP contribution in [0, 0.1) is 0 Å². The molecule has 26 heavy (non-hydrogen) atoms. The van der Waals surface area contributed by atoms with Crippen molar-refractivity contribution in [3.8, 4) is 0 Å². The molecule has 2 aliphatic rings. The van der Waals surface area contributed by atoms with Crippen LogP contribution in [0.5, 0.6) is 0 Å². The highest BCUT2D eigenvalue weighted by atomic mass is 19.4. The fourth-order valence-corrected chi connectivity index (χ4v) is 3.33. The Morgan fingerprint density at radius 2 is 2.00 bits per heavy atom. The number of carbonyl (C=O) groups is 1. The summed E-state index contributed by atoms with van der Waals surface area (Å²) in [6, 6.07) is -0.655. The third-order valence-corrected chi connectivity index (χ3v) is 4.61. The number of halogens is 3. The highest BCUT2D eigenvalue weighted by molar-refractivity contribution is 5.77. The lowest BCUT2D eigenvalue weighted by Crippen LogP contribution is -2.51. The standard InChI is InChI=1S/C15H19F3N4O4/c16-15(17,18)8-22-3-4-26-7-9(22)5-12(23)21-2-1-10-11(6-21)19-14(25)20-13(10)24/h9H,1-8H2,(H2,19,20,24,25). The summed E-state index contributed by atoms with van der Waals surface area (Å²) >= 11 is 0. The number of rotatable bonds is 3. The lowest BCUT2D eigenvalue weighted by Gasteiger charge is -2.37. The van der Waals surface area contributed by atoms with Crippen molar-refractivity contribution >= 4 is 5.91 Å². The number of ether oxygens (including phenoxy) is 1. The van der Waals surface area contributed by atoms with Gasteiger partial charge in [-0.25, -0.2) is 4.79 Å². The molecule has 2 aliphatic heterocycles. The van der Waals surface area contributed by atoms with E-state index >= 15 is 0 Å². The molecule has 0 radical (unpaired) electrons. The number of H-pyrrole nitrogens is 2. The Hall–Kier alpha value is -2.14. The molecule has 2 N–H and O–H groups in total. The van der Waals surface area contributed by atoms with Crippen LogP contribution in [0.1, 0.15) is 17.7 Å². The number of hydrogen-bond donors (Lipinski definition) is 2. The second-order valence-corrected chi connectivity index (χ2v) is 6.45. The molecule has 1 amide bonds. The maximum atomic E-state index is 12.7. The van der Waals surface area contributed by atoms with Crippen molar-refractivity contribution in [2.75, 3.05) is 32.8 Å². The smallest absolute Gasteiger partial charge is 0.378 e. The minimum Gasteiger partial charge on any atom is -0.378 e. The molecular weight excluding hydrogens is 357 g/mol. The summed E-state index contributed by atoms with van der Waals surface area (Å²) in [4.78, 5) is 43.0. The highest BCUT2D eigenvalue weighted by Crippen LogP contribution is 2.22. The van der Waals surface area contributed by atoms with Gasteiger partial charge in [0.15, 0.2) is 0 Å². The Kier molecular flexibility index (Phi) is 5.19. The van der Waals surface area contributed by atoms with E-state index in [4.69, 9.17) is 4.74 Å². The Bertz CT molecular complexity index is 788. The van der Waals surface area contributed by atoms with Gasteiger partial charge in [0, 0.05) is 36.8 Å². The lowest BCUT2D eigenvalue weighted by atomic mass is 10.0. The molecule has 0 aliphatic carbocycles. The van der Waals surface area contributed by atoms with E-state index in [9.17, 15) is 27.6 Å². The van der Waals surface area contributed by atoms with E-state index in [1.54, 1.807) is 0 Å². The zero-order valence-corrected chi connectivity index (χ0v) is 13.9. The van der Waals surface area contributed by atoms with E-state index in [2.05, 4.69) is 9.97 Å². The van der Waals surface area contributed by atoms with E-state index in [-0.39, 0.29) is 51.6 Å². The molecule has 8 nitrogen and oxygen atoms in total. The number of aromatic nitrogens is 2. The van der Waals surface area contributed by atoms with Gasteiger partial charge in [-0.15, -0.1) is 0 Å². The maximum absolute atomic E-state index is 12.7. The highest BCUT2D eigenvalue weighted by Gasteiger charge is 2.37. The van der Waals surface area contributed by atoms with Gasteiger partial charge in [0.1, 0.15) is 0 Å². The van der Waals surface area contributed by atoms with Crippen LogP contribution in [-0.4, -0.2) is 70.7 Å². The van der Waals surface area contributed by atoms with E-state index in [0.29, 0.717) is 11.3 Å². The fourth-order valence-electron chi connectivity index (χ4n) is 3.33. The van der Waals surface area contributed by atoms with Crippen LogP contribution >= 0.6 is 0 Å². The van der Waals surface area contributed by atoms with Crippen molar-refractivity contribution in [1.29, 1.82) is 0 Å². The van der Waals surface area contributed by atoms with Gasteiger partial charge in [0.25, 0.3) is 5.56 Å². The minimum absolute atomic E-state index is 0.0557. The first-order chi connectivity index (χ1) is 12.2. The topological polar surface area (TPSA) is 98.5 Å². The number of carbonyl (C=O) groups excluding carboxylic acids is 1. The summed E-state index contributed by atoms with van der Waals surface area (Å²) in [5.74, 6) is -0.334. The van der Waals surface area contributed by atoms with E-state index in [0.717, 1.165) is 0 Å². The maximum Gasteiger partial charge on any atom is 0.401 e. The third-order valence-electron chi connectivity index (χ3n) is 4.61. The second-order valence-electron chi connectivity index (χ2n) is 6.45. The molecule has 1 atom stereocenters. The van der Waals surface area contributed by atoms with Gasteiger partial charge >= 0.3 is 11.9 Å². The molecule has 1 unspecified atom stereocenters. The summed E-state index contributed by atoms with van der Waals surface area (Å²) in [5.41, 5.74) is -0.341. The molecular formula is C15H19F3N4O4. The first-order valence-electron chi connectivity index (χ1n) is 8.23. The van der Waals surface area contributed by atoms with Crippen LogP contribution in [0.3, 0.4) is 0 Å². The number of nitrogens with zero attached hydrogens (tertiary/aromatic N) is 2. The van der Waals surface area contributed by atoms with E-state index < -0.39 is 30.0 Å². The van der Waals surface area contributed by atoms with Gasteiger partial charge < -0.3 is 14.6 Å². The second kappa shape index (κ2) is 7.23. The van der Waals surface area contributed by atoms with Gasteiger partial charge in [-0.3, -0.25) is 19.5 Å². The third kappa shape index (κ3) is 4.33. The van der Waals surface area contributed by atoms with Crippen molar-refractivity contribution in [2.24, 2.45) is 0 Å². The van der Waals surface area contributed by atoms with Crippen molar-refractivity contribution in [3.63, 3.8) is 0 Å². The summed E-state index contributed by atoms with van der Waals surface area (Å²) in [7, 11) is 0. The molecule has 11 heteroatoms. The summed E-state index contributed by atoms with van der Waals surface area (Å²) in [5, 5.41) is 0. The number of amides is 1. The zero-order valence-electron chi connectivity index (χ0n) is 13.9. The molecule has 0 spiro atoms. The molecule has 1 saturated heterocycles. The van der Waals surface area contributed by atoms with Crippen LogP contribution in [0.15, 0.2) is 9.59 Å². The van der Waals surface area contributed by atoms with Crippen LogP contribution in [0.2, 0.25) is 0 Å². The fraction of sp³-hybridized carbons (Fsp3) is 0.667. The number of fused-ring (bicyclic) bond motifs is 1. The molecule has 0 bridgehead atoms. The Morgan fingerprint density at radius 1 is 1.23 bits per heavy atom. The Morgan fingerprint density at radius 3 is 2.73 bits per heavy atom. The van der Waals surface area contributed by atoms with Gasteiger partial charge in [-0.05, 0) is 6.42 Å². The first kappa shape index (κ1) is 18.6. The Balaban J connectivity index is 1.67. The molecule has 1 fully saturated rings. The number of aromatic amines is 2. The normalized spacial score (nSPS) is 21.5. The molecule has 144 valence electrons. The largest absolute Gasteiger partial charge is 0.401 e. The molecule has 1 aromatic heterocycles. The summed E-state index contributed by atoms with van der Waals surface area (Å²) in [6.07, 6.45) is -4.18. The van der Waals surface area contributed by atoms with Crippen molar-refractivity contribution in [1.82, 2.24) is 19.8 Å². The van der Waals surface area contributed by atoms with Crippen LogP contribution in [0.4, 0.5) is 13.2 Å². The molecule has 1 aromatic rings. The molecule has 3 heterocycles.